The first-order valence-corrected chi connectivity index (χ1v) is 8.15. The van der Waals surface area contributed by atoms with Gasteiger partial charge in [0, 0.05) is 10.5 Å². The molecular weight excluding hydrogens is 305 g/mol. The van der Waals surface area contributed by atoms with E-state index in [0.29, 0.717) is 0 Å². The molecule has 1 nitrogen and oxygen atoms in total. The fraction of sp³-hybridized carbons (Fsp3) is 0.625. The average Bonchev–Trinajstić information content (AvgIpc) is 2.40. The normalized spacial score (nSPS) is 12.6. The van der Waals surface area contributed by atoms with E-state index in [4.69, 9.17) is 5.73 Å². The fourth-order valence-corrected chi connectivity index (χ4v) is 2.82. The Morgan fingerprint density at radius 1 is 1.11 bits per heavy atom. The van der Waals surface area contributed by atoms with E-state index in [0.717, 1.165) is 22.9 Å². The summed E-state index contributed by atoms with van der Waals surface area (Å²) in [7, 11) is 0. The second-order valence-corrected chi connectivity index (χ2v) is 6.04. The summed E-state index contributed by atoms with van der Waals surface area (Å²) in [5.41, 5.74) is 7.01. The molecule has 1 unspecified atom stereocenters. The van der Waals surface area contributed by atoms with Crippen LogP contribution in [0.25, 0.3) is 0 Å². The van der Waals surface area contributed by atoms with Crippen LogP contribution in [0.5, 0.6) is 0 Å². The maximum absolute atomic E-state index is 13.2. The summed E-state index contributed by atoms with van der Waals surface area (Å²) < 4.78 is 14.1. The van der Waals surface area contributed by atoms with Crippen molar-refractivity contribution in [1.29, 1.82) is 0 Å². The maximum Gasteiger partial charge on any atom is 0.123 e. The van der Waals surface area contributed by atoms with Crippen LogP contribution in [0.2, 0.25) is 0 Å². The van der Waals surface area contributed by atoms with E-state index >= 15 is 0 Å². The van der Waals surface area contributed by atoms with Gasteiger partial charge in [-0.2, -0.15) is 0 Å². The molecule has 0 saturated heterocycles. The molecule has 0 fully saturated rings. The molecule has 2 N–H and O–H groups in total. The van der Waals surface area contributed by atoms with Gasteiger partial charge in [0.25, 0.3) is 0 Å². The van der Waals surface area contributed by atoms with Gasteiger partial charge in [0.1, 0.15) is 5.82 Å². The van der Waals surface area contributed by atoms with Gasteiger partial charge in [0.15, 0.2) is 0 Å². The molecule has 0 radical (unpaired) electrons. The molecule has 0 aromatic heterocycles. The Hall–Kier alpha value is -0.410. The standard InChI is InChI=1S/C16H25BrFN/c1-2-3-4-5-6-7-8-9-16(19)14-12-13(18)10-11-15(14)17/h10-12,16H,2-9,19H2,1H3. The van der Waals surface area contributed by atoms with Gasteiger partial charge >= 0.3 is 0 Å². The molecule has 1 aromatic carbocycles. The van der Waals surface area contributed by atoms with E-state index in [9.17, 15) is 4.39 Å². The van der Waals surface area contributed by atoms with Gasteiger partial charge in [-0.15, -0.1) is 0 Å². The molecule has 0 heterocycles. The zero-order valence-electron chi connectivity index (χ0n) is 11.8. The topological polar surface area (TPSA) is 26.0 Å². The van der Waals surface area contributed by atoms with E-state index in [1.54, 1.807) is 6.07 Å². The van der Waals surface area contributed by atoms with Gasteiger partial charge in [-0.1, -0.05) is 67.8 Å². The number of hydrogen-bond acceptors (Lipinski definition) is 1. The molecule has 19 heavy (non-hydrogen) atoms. The van der Waals surface area contributed by atoms with Gasteiger partial charge < -0.3 is 5.73 Å². The highest BCUT2D eigenvalue weighted by Gasteiger charge is 2.10. The summed E-state index contributed by atoms with van der Waals surface area (Å²) in [5, 5.41) is 0. The summed E-state index contributed by atoms with van der Waals surface area (Å²) >= 11 is 3.44. The summed E-state index contributed by atoms with van der Waals surface area (Å²) in [6, 6.07) is 4.65. The molecule has 1 aromatic rings. The largest absolute Gasteiger partial charge is 0.324 e. The van der Waals surface area contributed by atoms with E-state index in [1.807, 2.05) is 0 Å². The van der Waals surface area contributed by atoms with Crippen LogP contribution in [0.1, 0.15) is 69.9 Å². The van der Waals surface area contributed by atoms with Crippen LogP contribution in [0, 0.1) is 5.82 Å². The van der Waals surface area contributed by atoms with Crippen LogP contribution in [0.3, 0.4) is 0 Å². The van der Waals surface area contributed by atoms with Crippen LogP contribution < -0.4 is 5.73 Å². The lowest BCUT2D eigenvalue weighted by Gasteiger charge is -2.14. The predicted octanol–water partition coefficient (Wildman–Crippen LogP) is 5.73. The maximum atomic E-state index is 13.2. The predicted molar refractivity (Wildman–Crippen MR) is 83.6 cm³/mol. The van der Waals surface area contributed by atoms with Crippen molar-refractivity contribution in [2.75, 3.05) is 0 Å². The number of nitrogens with two attached hydrogens (primary N) is 1. The van der Waals surface area contributed by atoms with Crippen molar-refractivity contribution in [3.8, 4) is 0 Å². The van der Waals surface area contributed by atoms with Crippen LogP contribution in [-0.2, 0) is 0 Å². The van der Waals surface area contributed by atoms with Crippen molar-refractivity contribution >= 4 is 15.9 Å². The van der Waals surface area contributed by atoms with Gasteiger partial charge in [-0.05, 0) is 30.2 Å². The molecule has 0 aliphatic rings. The van der Waals surface area contributed by atoms with Crippen molar-refractivity contribution in [2.24, 2.45) is 5.73 Å². The third-order valence-electron chi connectivity index (χ3n) is 3.48. The van der Waals surface area contributed by atoms with E-state index < -0.39 is 0 Å². The fourth-order valence-electron chi connectivity index (χ4n) is 2.28. The van der Waals surface area contributed by atoms with Crippen LogP contribution in [-0.4, -0.2) is 0 Å². The molecule has 0 amide bonds. The first kappa shape index (κ1) is 16.6. The van der Waals surface area contributed by atoms with E-state index in [1.165, 1.54) is 50.7 Å². The minimum atomic E-state index is -0.215. The van der Waals surface area contributed by atoms with Crippen LogP contribution in [0.4, 0.5) is 4.39 Å². The molecule has 3 heteroatoms. The van der Waals surface area contributed by atoms with Crippen LogP contribution in [0.15, 0.2) is 22.7 Å². The number of rotatable bonds is 9. The SMILES string of the molecule is CCCCCCCCCC(N)c1cc(F)ccc1Br. The lowest BCUT2D eigenvalue weighted by molar-refractivity contribution is 0.537. The first-order valence-electron chi connectivity index (χ1n) is 7.35. The number of unbranched alkanes of at least 4 members (excludes halogenated alkanes) is 6. The number of hydrogen-bond donors (Lipinski definition) is 1. The van der Waals surface area contributed by atoms with Gasteiger partial charge in [-0.25, -0.2) is 4.39 Å². The second-order valence-electron chi connectivity index (χ2n) is 5.18. The number of halogens is 2. The Morgan fingerprint density at radius 3 is 2.42 bits per heavy atom. The summed E-state index contributed by atoms with van der Waals surface area (Å²) in [5.74, 6) is -0.215. The minimum Gasteiger partial charge on any atom is -0.324 e. The van der Waals surface area contributed by atoms with Crippen molar-refractivity contribution in [2.45, 2.75) is 64.3 Å². The Bertz CT molecular complexity index is 368. The highest BCUT2D eigenvalue weighted by molar-refractivity contribution is 9.10. The van der Waals surface area contributed by atoms with Gasteiger partial charge in [0.05, 0.1) is 0 Å². The Labute approximate surface area is 124 Å². The van der Waals surface area contributed by atoms with E-state index in [2.05, 4.69) is 22.9 Å². The Balaban J connectivity index is 2.23. The molecule has 1 rings (SSSR count). The van der Waals surface area contributed by atoms with Crippen molar-refractivity contribution in [3.63, 3.8) is 0 Å². The van der Waals surface area contributed by atoms with Gasteiger partial charge in [0.2, 0.25) is 0 Å². The highest BCUT2D eigenvalue weighted by Crippen LogP contribution is 2.26. The monoisotopic (exact) mass is 329 g/mol. The second kappa shape index (κ2) is 9.49. The summed E-state index contributed by atoms with van der Waals surface area (Å²) in [4.78, 5) is 0. The third-order valence-corrected chi connectivity index (χ3v) is 4.20. The zero-order chi connectivity index (χ0) is 14.1. The van der Waals surface area contributed by atoms with Crippen molar-refractivity contribution in [1.82, 2.24) is 0 Å². The smallest absolute Gasteiger partial charge is 0.123 e. The number of benzene rings is 1. The molecule has 0 aliphatic carbocycles. The Kier molecular flexibility index (Phi) is 8.31. The van der Waals surface area contributed by atoms with Crippen molar-refractivity contribution < 1.29 is 4.39 Å². The Morgan fingerprint density at radius 2 is 1.74 bits per heavy atom. The van der Waals surface area contributed by atoms with Crippen molar-refractivity contribution in [3.05, 3.63) is 34.1 Å². The molecule has 0 spiro atoms. The summed E-state index contributed by atoms with van der Waals surface area (Å²) in [6.07, 6.45) is 9.87. The summed E-state index contributed by atoms with van der Waals surface area (Å²) in [6.45, 7) is 2.23. The quantitative estimate of drug-likeness (QED) is 0.575. The molecule has 1 atom stereocenters. The molecule has 0 aliphatic heterocycles. The minimum absolute atomic E-state index is 0.0688. The lowest BCUT2D eigenvalue weighted by atomic mass is 10.00. The molecular formula is C16H25BrFN. The third kappa shape index (κ3) is 6.53. The van der Waals surface area contributed by atoms with Crippen LogP contribution >= 0.6 is 15.9 Å². The molecule has 108 valence electrons. The molecule has 0 bridgehead atoms. The average molecular weight is 330 g/mol. The first-order chi connectivity index (χ1) is 9.15. The van der Waals surface area contributed by atoms with Gasteiger partial charge in [-0.3, -0.25) is 0 Å². The highest BCUT2D eigenvalue weighted by atomic mass is 79.9. The lowest BCUT2D eigenvalue weighted by Crippen LogP contribution is -2.11. The zero-order valence-corrected chi connectivity index (χ0v) is 13.4. The molecule has 0 saturated carbocycles. The van der Waals surface area contributed by atoms with E-state index in [-0.39, 0.29) is 11.9 Å².